The van der Waals surface area contributed by atoms with Gasteiger partial charge in [-0.05, 0) is 29.2 Å². The second kappa shape index (κ2) is 6.19. The lowest BCUT2D eigenvalue weighted by Crippen LogP contribution is -2.18. The van der Waals surface area contributed by atoms with Crippen molar-refractivity contribution in [3.8, 4) is 0 Å². The van der Waals surface area contributed by atoms with Crippen molar-refractivity contribution < 1.29 is 4.74 Å². The molecule has 0 unspecified atom stereocenters. The molecule has 0 aliphatic rings. The highest BCUT2D eigenvalue weighted by Crippen LogP contribution is 2.24. The third kappa shape index (κ3) is 4.58. The van der Waals surface area contributed by atoms with Crippen molar-refractivity contribution in [2.45, 2.75) is 26.5 Å². The first-order valence-electron chi connectivity index (χ1n) is 5.46. The Labute approximate surface area is 114 Å². The fourth-order valence-corrected chi connectivity index (χ4v) is 1.98. The minimum Gasteiger partial charge on any atom is -0.376 e. The van der Waals surface area contributed by atoms with E-state index in [2.05, 4.69) is 29.8 Å². The molecule has 0 heterocycles. The standard InChI is InChI=1S/C12H18BrClOSi/c1-12(2,8-16)7-15-6-9-5-10(13)3-4-11(9)14/h3-5H,6-8H2,1-2,16H3. The Balaban J connectivity index is 2.52. The number of rotatable bonds is 5. The SMILES string of the molecule is CC(C)(C[SiH3])COCc1cc(Br)ccc1Cl. The maximum atomic E-state index is 6.09. The zero-order valence-corrected chi connectivity index (χ0v) is 14.4. The molecule has 0 saturated carbocycles. The summed E-state index contributed by atoms with van der Waals surface area (Å²) in [7, 11) is 1.22. The van der Waals surface area contributed by atoms with Gasteiger partial charge in [0.05, 0.1) is 13.2 Å². The minimum atomic E-state index is 0.296. The van der Waals surface area contributed by atoms with Crippen LogP contribution in [0.1, 0.15) is 19.4 Å². The fourth-order valence-electron chi connectivity index (χ4n) is 1.19. The van der Waals surface area contributed by atoms with Crippen molar-refractivity contribution >= 4 is 37.8 Å². The van der Waals surface area contributed by atoms with E-state index in [0.29, 0.717) is 12.0 Å². The molecule has 0 bridgehead atoms. The highest BCUT2D eigenvalue weighted by Gasteiger charge is 2.15. The molecule has 0 amide bonds. The molecule has 0 spiro atoms. The van der Waals surface area contributed by atoms with Crippen LogP contribution in [0.2, 0.25) is 11.1 Å². The smallest absolute Gasteiger partial charge is 0.0732 e. The maximum absolute atomic E-state index is 6.09. The molecule has 4 heteroatoms. The molecule has 0 saturated heterocycles. The van der Waals surface area contributed by atoms with E-state index in [0.717, 1.165) is 21.7 Å². The van der Waals surface area contributed by atoms with Gasteiger partial charge in [-0.3, -0.25) is 0 Å². The van der Waals surface area contributed by atoms with Crippen molar-refractivity contribution in [3.63, 3.8) is 0 Å². The van der Waals surface area contributed by atoms with E-state index in [4.69, 9.17) is 16.3 Å². The van der Waals surface area contributed by atoms with Crippen molar-refractivity contribution in [2.75, 3.05) is 6.61 Å². The topological polar surface area (TPSA) is 9.23 Å². The van der Waals surface area contributed by atoms with Crippen LogP contribution in [0.5, 0.6) is 0 Å². The lowest BCUT2D eigenvalue weighted by atomic mass is 9.98. The van der Waals surface area contributed by atoms with Gasteiger partial charge in [0.25, 0.3) is 0 Å². The largest absolute Gasteiger partial charge is 0.376 e. The molecule has 1 nitrogen and oxygen atoms in total. The zero-order chi connectivity index (χ0) is 12.2. The molecule has 0 radical (unpaired) electrons. The molecule has 1 rings (SSSR count). The van der Waals surface area contributed by atoms with E-state index in [1.54, 1.807) is 0 Å². The van der Waals surface area contributed by atoms with Crippen molar-refractivity contribution in [2.24, 2.45) is 5.41 Å². The third-order valence-electron chi connectivity index (χ3n) is 2.72. The van der Waals surface area contributed by atoms with Crippen LogP contribution in [0.15, 0.2) is 22.7 Å². The Morgan fingerprint density at radius 3 is 2.75 bits per heavy atom. The fraction of sp³-hybridized carbons (Fsp3) is 0.500. The predicted octanol–water partition coefficient (Wildman–Crippen LogP) is 3.43. The van der Waals surface area contributed by atoms with Crippen LogP contribution in [-0.2, 0) is 11.3 Å². The lowest BCUT2D eigenvalue weighted by Gasteiger charge is -2.22. The zero-order valence-electron chi connectivity index (χ0n) is 10.0. The Hall–Kier alpha value is 0.167. The second-order valence-corrected chi connectivity index (χ2v) is 6.78. The Kier molecular flexibility index (Phi) is 5.51. The number of ether oxygens (including phenoxy) is 1. The summed E-state index contributed by atoms with van der Waals surface area (Å²) in [4.78, 5) is 0. The maximum Gasteiger partial charge on any atom is 0.0732 e. The summed E-state index contributed by atoms with van der Waals surface area (Å²) in [5, 5.41) is 0.770. The first-order chi connectivity index (χ1) is 7.44. The van der Waals surface area contributed by atoms with Gasteiger partial charge < -0.3 is 4.74 Å². The Morgan fingerprint density at radius 1 is 1.44 bits per heavy atom. The van der Waals surface area contributed by atoms with Gasteiger partial charge in [0.1, 0.15) is 0 Å². The summed E-state index contributed by atoms with van der Waals surface area (Å²) < 4.78 is 6.77. The average molecular weight is 322 g/mol. The number of hydrogen-bond donors (Lipinski definition) is 0. The van der Waals surface area contributed by atoms with Crippen LogP contribution in [0.3, 0.4) is 0 Å². The first kappa shape index (κ1) is 14.2. The molecule has 90 valence electrons. The molecule has 0 atom stereocenters. The van der Waals surface area contributed by atoms with Crippen LogP contribution in [-0.4, -0.2) is 16.8 Å². The van der Waals surface area contributed by atoms with E-state index in [1.165, 1.54) is 16.3 Å². The van der Waals surface area contributed by atoms with E-state index < -0.39 is 0 Å². The quantitative estimate of drug-likeness (QED) is 0.755. The van der Waals surface area contributed by atoms with Gasteiger partial charge in [-0.15, -0.1) is 0 Å². The molecule has 0 N–H and O–H groups in total. The summed E-state index contributed by atoms with van der Waals surface area (Å²) in [5.74, 6) is 0. The minimum absolute atomic E-state index is 0.296. The molecule has 0 fully saturated rings. The van der Waals surface area contributed by atoms with E-state index >= 15 is 0 Å². The van der Waals surface area contributed by atoms with Crippen molar-refractivity contribution in [3.05, 3.63) is 33.3 Å². The second-order valence-electron chi connectivity index (χ2n) is 4.75. The third-order valence-corrected chi connectivity index (χ3v) is 5.49. The Morgan fingerprint density at radius 2 is 2.12 bits per heavy atom. The van der Waals surface area contributed by atoms with Gasteiger partial charge in [0, 0.05) is 19.7 Å². The number of hydrogen-bond acceptors (Lipinski definition) is 1. The molecule has 16 heavy (non-hydrogen) atoms. The van der Waals surface area contributed by atoms with Crippen LogP contribution < -0.4 is 0 Å². The van der Waals surface area contributed by atoms with E-state index in [9.17, 15) is 0 Å². The molecule has 1 aromatic rings. The molecule has 0 aromatic heterocycles. The summed E-state index contributed by atoms with van der Waals surface area (Å²) in [6.07, 6.45) is 0. The highest BCUT2D eigenvalue weighted by molar-refractivity contribution is 9.10. The van der Waals surface area contributed by atoms with Gasteiger partial charge in [-0.25, -0.2) is 0 Å². The van der Waals surface area contributed by atoms with Gasteiger partial charge >= 0.3 is 0 Å². The summed E-state index contributed by atoms with van der Waals surface area (Å²) >= 11 is 9.52. The van der Waals surface area contributed by atoms with Crippen LogP contribution in [0.4, 0.5) is 0 Å². The first-order valence-corrected chi connectivity index (χ1v) is 8.05. The lowest BCUT2D eigenvalue weighted by molar-refractivity contribution is 0.0602. The number of halogens is 2. The van der Waals surface area contributed by atoms with Crippen molar-refractivity contribution in [1.82, 2.24) is 0 Å². The van der Waals surface area contributed by atoms with Gasteiger partial charge in [-0.1, -0.05) is 47.4 Å². The van der Waals surface area contributed by atoms with Crippen molar-refractivity contribution in [1.29, 1.82) is 0 Å². The molecule has 1 aromatic carbocycles. The van der Waals surface area contributed by atoms with E-state index in [1.807, 2.05) is 18.2 Å². The molecule has 0 aliphatic carbocycles. The highest BCUT2D eigenvalue weighted by atomic mass is 79.9. The van der Waals surface area contributed by atoms with Gasteiger partial charge in [-0.2, -0.15) is 0 Å². The predicted molar refractivity (Wildman–Crippen MR) is 77.3 cm³/mol. The Bertz CT molecular complexity index is 355. The number of benzene rings is 1. The normalized spacial score (nSPS) is 12.0. The molecule has 0 aliphatic heterocycles. The molecular formula is C12H18BrClOSi. The van der Waals surface area contributed by atoms with Gasteiger partial charge in [0.15, 0.2) is 0 Å². The monoisotopic (exact) mass is 320 g/mol. The van der Waals surface area contributed by atoms with Gasteiger partial charge in [0.2, 0.25) is 0 Å². The summed E-state index contributed by atoms with van der Waals surface area (Å²) in [6, 6.07) is 7.09. The van der Waals surface area contributed by atoms with Crippen LogP contribution in [0, 0.1) is 5.41 Å². The molecular weight excluding hydrogens is 304 g/mol. The van der Waals surface area contributed by atoms with E-state index in [-0.39, 0.29) is 0 Å². The van der Waals surface area contributed by atoms with Crippen LogP contribution in [0.25, 0.3) is 0 Å². The summed E-state index contributed by atoms with van der Waals surface area (Å²) in [6.45, 7) is 5.85. The summed E-state index contributed by atoms with van der Waals surface area (Å²) in [5.41, 5.74) is 1.34. The van der Waals surface area contributed by atoms with Crippen LogP contribution >= 0.6 is 27.5 Å². The average Bonchev–Trinajstić information content (AvgIpc) is 2.23.